The van der Waals surface area contributed by atoms with E-state index in [9.17, 15) is 0 Å². The Balaban J connectivity index is 2.25. The first-order valence-electron chi connectivity index (χ1n) is 7.60. The summed E-state index contributed by atoms with van der Waals surface area (Å²) in [6, 6.07) is 13.1. The van der Waals surface area contributed by atoms with Crippen molar-refractivity contribution in [1.82, 2.24) is 4.57 Å². The van der Waals surface area contributed by atoms with Crippen LogP contribution < -0.4 is 0 Å². The molecule has 0 aliphatic carbocycles. The molecule has 0 spiro atoms. The lowest BCUT2D eigenvalue weighted by atomic mass is 10.1. The molecule has 2 rings (SSSR count). The average Bonchev–Trinajstić information content (AvgIpc) is 2.87. The summed E-state index contributed by atoms with van der Waals surface area (Å²) in [7, 11) is 0. The van der Waals surface area contributed by atoms with Gasteiger partial charge in [-0.3, -0.25) is 0 Å². The lowest BCUT2D eigenvalue weighted by Crippen LogP contribution is -1.98. The highest BCUT2D eigenvalue weighted by molar-refractivity contribution is 5.37. The average molecular weight is 255 g/mol. The third-order valence-electron chi connectivity index (χ3n) is 3.60. The van der Waals surface area contributed by atoms with E-state index in [0.29, 0.717) is 0 Å². The minimum absolute atomic E-state index is 1.18. The number of hydrogen-bond acceptors (Lipinski definition) is 0. The molecule has 0 saturated heterocycles. The second-order valence-electron chi connectivity index (χ2n) is 5.25. The van der Waals surface area contributed by atoms with Crippen molar-refractivity contribution in [3.8, 4) is 5.69 Å². The Morgan fingerprint density at radius 1 is 0.895 bits per heavy atom. The maximum absolute atomic E-state index is 2.40. The van der Waals surface area contributed by atoms with Gasteiger partial charge in [0, 0.05) is 17.6 Å². The van der Waals surface area contributed by atoms with Gasteiger partial charge >= 0.3 is 0 Å². The summed E-state index contributed by atoms with van der Waals surface area (Å²) in [5.74, 6) is 0. The number of hydrogen-bond donors (Lipinski definition) is 0. The van der Waals surface area contributed by atoms with E-state index in [1.54, 1.807) is 0 Å². The van der Waals surface area contributed by atoms with Crippen LogP contribution in [0.15, 0.2) is 42.6 Å². The number of aryl methyl sites for hydroxylation is 2. The second kappa shape index (κ2) is 7.18. The van der Waals surface area contributed by atoms with E-state index in [1.807, 2.05) is 0 Å². The summed E-state index contributed by atoms with van der Waals surface area (Å²) in [5.41, 5.74) is 4.23. The Hall–Kier alpha value is -1.50. The molecule has 19 heavy (non-hydrogen) atoms. The highest BCUT2D eigenvalue weighted by Gasteiger charge is 2.07. The van der Waals surface area contributed by atoms with Gasteiger partial charge in [0.05, 0.1) is 0 Å². The Bertz CT molecular complexity index is 482. The van der Waals surface area contributed by atoms with Crippen LogP contribution in [0.4, 0.5) is 0 Å². The Morgan fingerprint density at radius 3 is 2.26 bits per heavy atom. The molecule has 0 aliphatic heterocycles. The standard InChI is InChI=1S/C18H25N/c1-3-5-10-16-14-18(11-6-4-2)19(15-16)17-12-8-7-9-13-17/h7-9,12-15H,3-6,10-11H2,1-2H3. The van der Waals surface area contributed by atoms with Crippen molar-refractivity contribution in [2.75, 3.05) is 0 Å². The van der Waals surface area contributed by atoms with Gasteiger partial charge < -0.3 is 4.57 Å². The Labute approximate surface area is 117 Å². The van der Waals surface area contributed by atoms with E-state index >= 15 is 0 Å². The minimum atomic E-state index is 1.18. The largest absolute Gasteiger partial charge is 0.321 e. The zero-order chi connectivity index (χ0) is 13.5. The van der Waals surface area contributed by atoms with E-state index in [4.69, 9.17) is 0 Å². The zero-order valence-electron chi connectivity index (χ0n) is 12.2. The molecule has 102 valence electrons. The van der Waals surface area contributed by atoms with Gasteiger partial charge in [0.1, 0.15) is 0 Å². The lowest BCUT2D eigenvalue weighted by Gasteiger charge is -2.08. The molecule has 1 heteroatoms. The fraction of sp³-hybridized carbons (Fsp3) is 0.444. The third kappa shape index (κ3) is 3.73. The summed E-state index contributed by atoms with van der Waals surface area (Å²) in [6.07, 6.45) is 9.78. The Kier molecular flexibility index (Phi) is 5.26. The van der Waals surface area contributed by atoms with E-state index < -0.39 is 0 Å². The molecule has 0 saturated carbocycles. The van der Waals surface area contributed by atoms with Crippen molar-refractivity contribution in [3.05, 3.63) is 53.9 Å². The normalized spacial score (nSPS) is 10.8. The first-order chi connectivity index (χ1) is 9.35. The maximum Gasteiger partial charge on any atom is 0.0452 e. The van der Waals surface area contributed by atoms with Gasteiger partial charge in [-0.2, -0.15) is 0 Å². The molecule has 0 aliphatic rings. The van der Waals surface area contributed by atoms with Crippen molar-refractivity contribution >= 4 is 0 Å². The number of aromatic nitrogens is 1. The van der Waals surface area contributed by atoms with E-state index in [2.05, 4.69) is 61.0 Å². The molecule has 0 radical (unpaired) electrons. The molecule has 1 nitrogen and oxygen atoms in total. The van der Waals surface area contributed by atoms with Crippen LogP contribution in [0.25, 0.3) is 5.69 Å². The summed E-state index contributed by atoms with van der Waals surface area (Å²) in [4.78, 5) is 0. The fourth-order valence-corrected chi connectivity index (χ4v) is 2.47. The number of nitrogens with zero attached hydrogens (tertiary/aromatic N) is 1. The van der Waals surface area contributed by atoms with Crippen LogP contribution >= 0.6 is 0 Å². The molecule has 0 atom stereocenters. The maximum atomic E-state index is 2.40. The zero-order valence-corrected chi connectivity index (χ0v) is 12.2. The number of benzene rings is 1. The monoisotopic (exact) mass is 255 g/mol. The predicted octanol–water partition coefficient (Wildman–Crippen LogP) is 5.16. The highest BCUT2D eigenvalue weighted by Crippen LogP contribution is 2.19. The molecule has 0 N–H and O–H groups in total. The van der Waals surface area contributed by atoms with Gasteiger partial charge in [0.2, 0.25) is 0 Å². The topological polar surface area (TPSA) is 4.93 Å². The molecular formula is C18H25N. The first-order valence-corrected chi connectivity index (χ1v) is 7.60. The quantitative estimate of drug-likeness (QED) is 0.644. The molecule has 0 bridgehead atoms. The minimum Gasteiger partial charge on any atom is -0.321 e. The molecule has 1 aromatic carbocycles. The summed E-state index contributed by atoms with van der Waals surface area (Å²) in [6.45, 7) is 4.51. The van der Waals surface area contributed by atoms with Crippen molar-refractivity contribution in [2.45, 2.75) is 52.4 Å². The fourth-order valence-electron chi connectivity index (χ4n) is 2.47. The Morgan fingerprint density at radius 2 is 1.58 bits per heavy atom. The summed E-state index contributed by atoms with van der Waals surface area (Å²) < 4.78 is 2.38. The predicted molar refractivity (Wildman–Crippen MR) is 83.0 cm³/mol. The van der Waals surface area contributed by atoms with Crippen LogP contribution in [0.5, 0.6) is 0 Å². The van der Waals surface area contributed by atoms with Crippen molar-refractivity contribution in [3.63, 3.8) is 0 Å². The number of unbranched alkanes of at least 4 members (excludes halogenated alkanes) is 2. The van der Waals surface area contributed by atoms with Gasteiger partial charge in [0.25, 0.3) is 0 Å². The van der Waals surface area contributed by atoms with Crippen molar-refractivity contribution in [2.24, 2.45) is 0 Å². The van der Waals surface area contributed by atoms with Gasteiger partial charge in [0.15, 0.2) is 0 Å². The van der Waals surface area contributed by atoms with Gasteiger partial charge in [-0.25, -0.2) is 0 Å². The van der Waals surface area contributed by atoms with E-state index in [0.717, 1.165) is 0 Å². The SMILES string of the molecule is CCCCc1cc(CCCC)n(-c2ccccc2)c1. The molecule has 0 fully saturated rings. The van der Waals surface area contributed by atoms with Crippen molar-refractivity contribution < 1.29 is 0 Å². The smallest absolute Gasteiger partial charge is 0.0452 e. The van der Waals surface area contributed by atoms with Gasteiger partial charge in [-0.1, -0.05) is 44.9 Å². The van der Waals surface area contributed by atoms with Crippen LogP contribution in [0.2, 0.25) is 0 Å². The molecule has 0 amide bonds. The first kappa shape index (κ1) is 13.9. The van der Waals surface area contributed by atoms with Crippen LogP contribution in [-0.4, -0.2) is 4.57 Å². The van der Waals surface area contributed by atoms with Crippen LogP contribution in [-0.2, 0) is 12.8 Å². The summed E-state index contributed by atoms with van der Waals surface area (Å²) >= 11 is 0. The molecule has 2 aromatic rings. The lowest BCUT2D eigenvalue weighted by molar-refractivity contribution is 0.760. The number of para-hydroxylation sites is 1. The third-order valence-corrected chi connectivity index (χ3v) is 3.60. The molecule has 1 heterocycles. The van der Waals surface area contributed by atoms with Crippen LogP contribution in [0.1, 0.15) is 50.8 Å². The van der Waals surface area contributed by atoms with Crippen molar-refractivity contribution in [1.29, 1.82) is 0 Å². The van der Waals surface area contributed by atoms with Gasteiger partial charge in [-0.05, 0) is 49.4 Å². The van der Waals surface area contributed by atoms with Gasteiger partial charge in [-0.15, -0.1) is 0 Å². The van der Waals surface area contributed by atoms with E-state index in [1.165, 1.54) is 55.5 Å². The summed E-state index contributed by atoms with van der Waals surface area (Å²) in [5, 5.41) is 0. The van der Waals surface area contributed by atoms with E-state index in [-0.39, 0.29) is 0 Å². The molecular weight excluding hydrogens is 230 g/mol. The van der Waals surface area contributed by atoms with Crippen LogP contribution in [0, 0.1) is 0 Å². The molecule has 0 unspecified atom stereocenters. The molecule has 1 aromatic heterocycles. The second-order valence-corrected chi connectivity index (χ2v) is 5.25. The van der Waals surface area contributed by atoms with Crippen LogP contribution in [0.3, 0.4) is 0 Å². The highest BCUT2D eigenvalue weighted by atomic mass is 15.0. The number of rotatable bonds is 7.